The quantitative estimate of drug-likeness (QED) is 0.180. The third kappa shape index (κ3) is 19.4. The number of unbranched alkanes of at least 4 members (excludes halogenated alkanes) is 17. The highest BCUT2D eigenvalue weighted by Gasteiger charge is 1.97. The van der Waals surface area contributed by atoms with Gasteiger partial charge in [0.05, 0.1) is 5.97 Å². The molecule has 0 fully saturated rings. The Labute approximate surface area is 157 Å². The standard InChI is InChI=1S/C23H44O2/c1-3-4-5-6-7-8-9-10-11-12-13-14-15-16-17-18-19-20-21-22(2)23(24)25/h2-21H2,1H3,(H,24,25)/p-1. The first kappa shape index (κ1) is 24.2. The van der Waals surface area contributed by atoms with Crippen molar-refractivity contribution in [1.82, 2.24) is 0 Å². The van der Waals surface area contributed by atoms with Crippen molar-refractivity contribution >= 4 is 5.97 Å². The zero-order valence-electron chi connectivity index (χ0n) is 17.0. The van der Waals surface area contributed by atoms with Crippen LogP contribution in [0.1, 0.15) is 129 Å². The Hall–Kier alpha value is -0.790. The molecule has 148 valence electrons. The fourth-order valence-electron chi connectivity index (χ4n) is 3.34. The molecule has 2 nitrogen and oxygen atoms in total. The van der Waals surface area contributed by atoms with E-state index >= 15 is 0 Å². The summed E-state index contributed by atoms with van der Waals surface area (Å²) in [6.07, 6.45) is 24.9. The largest absolute Gasteiger partial charge is 0.545 e. The second kappa shape index (κ2) is 19.5. The first-order chi connectivity index (χ1) is 12.2. The monoisotopic (exact) mass is 351 g/mol. The summed E-state index contributed by atoms with van der Waals surface area (Å²) in [7, 11) is 0. The Balaban J connectivity index is 3.05. The van der Waals surface area contributed by atoms with Gasteiger partial charge in [-0.25, -0.2) is 0 Å². The molecule has 0 aromatic heterocycles. The van der Waals surface area contributed by atoms with Gasteiger partial charge >= 0.3 is 0 Å². The van der Waals surface area contributed by atoms with Gasteiger partial charge in [-0.3, -0.25) is 0 Å². The number of carboxylic acids is 1. The lowest BCUT2D eigenvalue weighted by atomic mass is 10.0. The van der Waals surface area contributed by atoms with Gasteiger partial charge in [-0.05, 0) is 18.4 Å². The number of carbonyl (C=O) groups is 1. The molecule has 0 heterocycles. The van der Waals surface area contributed by atoms with Crippen LogP contribution in [0.2, 0.25) is 0 Å². The van der Waals surface area contributed by atoms with E-state index in [1.54, 1.807) is 0 Å². The average Bonchev–Trinajstić information content (AvgIpc) is 2.60. The summed E-state index contributed by atoms with van der Waals surface area (Å²) in [6, 6.07) is 0. The fourth-order valence-corrected chi connectivity index (χ4v) is 3.34. The molecule has 2 heteroatoms. The molecule has 0 atom stereocenters. The van der Waals surface area contributed by atoms with Gasteiger partial charge in [0.2, 0.25) is 0 Å². The molecule has 0 spiro atoms. The topological polar surface area (TPSA) is 40.1 Å². The van der Waals surface area contributed by atoms with Crippen LogP contribution in [0.5, 0.6) is 0 Å². The molecule has 0 amide bonds. The van der Waals surface area contributed by atoms with Crippen molar-refractivity contribution in [1.29, 1.82) is 0 Å². The second-order valence-electron chi connectivity index (χ2n) is 7.65. The predicted molar refractivity (Wildman–Crippen MR) is 108 cm³/mol. The van der Waals surface area contributed by atoms with Gasteiger partial charge in [0.25, 0.3) is 0 Å². The Kier molecular flexibility index (Phi) is 18.9. The number of rotatable bonds is 20. The maximum atomic E-state index is 10.5. The van der Waals surface area contributed by atoms with Crippen LogP contribution in [0.15, 0.2) is 12.2 Å². The summed E-state index contributed by atoms with van der Waals surface area (Å²) >= 11 is 0. The lowest BCUT2D eigenvalue weighted by Gasteiger charge is -2.06. The number of hydrogen-bond acceptors (Lipinski definition) is 2. The van der Waals surface area contributed by atoms with E-state index in [0.717, 1.165) is 12.8 Å². The summed E-state index contributed by atoms with van der Waals surface area (Å²) < 4.78 is 0. The summed E-state index contributed by atoms with van der Waals surface area (Å²) in [6.45, 7) is 5.78. The molecule has 0 radical (unpaired) electrons. The minimum Gasteiger partial charge on any atom is -0.545 e. The van der Waals surface area contributed by atoms with E-state index in [9.17, 15) is 9.90 Å². The summed E-state index contributed by atoms with van der Waals surface area (Å²) in [4.78, 5) is 10.5. The van der Waals surface area contributed by atoms with Crippen LogP contribution in [0.3, 0.4) is 0 Å². The molecule has 0 aromatic carbocycles. The molecule has 0 N–H and O–H groups in total. The van der Waals surface area contributed by atoms with E-state index in [0.29, 0.717) is 6.42 Å². The van der Waals surface area contributed by atoms with E-state index < -0.39 is 5.97 Å². The van der Waals surface area contributed by atoms with Crippen molar-refractivity contribution in [3.05, 3.63) is 12.2 Å². The number of hydrogen-bond donors (Lipinski definition) is 0. The lowest BCUT2D eigenvalue weighted by Crippen LogP contribution is -2.23. The van der Waals surface area contributed by atoms with Crippen LogP contribution in [0.25, 0.3) is 0 Å². The molecule has 25 heavy (non-hydrogen) atoms. The Bertz CT molecular complexity index is 309. The van der Waals surface area contributed by atoms with E-state index in [-0.39, 0.29) is 5.57 Å². The van der Waals surface area contributed by atoms with Crippen LogP contribution in [0, 0.1) is 0 Å². The Morgan fingerprint density at radius 3 is 1.16 bits per heavy atom. The van der Waals surface area contributed by atoms with Gasteiger partial charge in [-0.15, -0.1) is 0 Å². The number of carbonyl (C=O) groups excluding carboxylic acids is 1. The molecule has 0 aliphatic rings. The highest BCUT2D eigenvalue weighted by atomic mass is 16.4. The molecule has 0 unspecified atom stereocenters. The van der Waals surface area contributed by atoms with Crippen molar-refractivity contribution in [2.45, 2.75) is 129 Å². The van der Waals surface area contributed by atoms with E-state index in [4.69, 9.17) is 0 Å². The van der Waals surface area contributed by atoms with Gasteiger partial charge in [0.15, 0.2) is 0 Å². The number of aliphatic carboxylic acids is 1. The third-order valence-corrected chi connectivity index (χ3v) is 5.12. The first-order valence-electron chi connectivity index (χ1n) is 11.1. The van der Waals surface area contributed by atoms with Gasteiger partial charge in [-0.1, -0.05) is 123 Å². The average molecular weight is 352 g/mol. The predicted octanol–water partition coefficient (Wildman–Crippen LogP) is 6.72. The minimum absolute atomic E-state index is 0.247. The first-order valence-corrected chi connectivity index (χ1v) is 11.1. The van der Waals surface area contributed by atoms with Crippen LogP contribution in [0.4, 0.5) is 0 Å². The maximum Gasteiger partial charge on any atom is 0.0668 e. The van der Waals surface area contributed by atoms with Crippen LogP contribution in [-0.2, 0) is 4.79 Å². The van der Waals surface area contributed by atoms with Crippen LogP contribution >= 0.6 is 0 Å². The third-order valence-electron chi connectivity index (χ3n) is 5.12. The van der Waals surface area contributed by atoms with Gasteiger partial charge < -0.3 is 9.90 Å². The summed E-state index contributed by atoms with van der Waals surface area (Å²) in [5.74, 6) is -1.09. The second-order valence-corrected chi connectivity index (χ2v) is 7.65. The van der Waals surface area contributed by atoms with Crippen molar-refractivity contribution in [3.63, 3.8) is 0 Å². The van der Waals surface area contributed by atoms with Crippen LogP contribution < -0.4 is 5.11 Å². The van der Waals surface area contributed by atoms with Crippen molar-refractivity contribution < 1.29 is 9.90 Å². The minimum atomic E-state index is -1.09. The normalized spacial score (nSPS) is 10.9. The van der Waals surface area contributed by atoms with Crippen molar-refractivity contribution in [3.8, 4) is 0 Å². The van der Waals surface area contributed by atoms with Crippen molar-refractivity contribution in [2.24, 2.45) is 0 Å². The summed E-state index contributed by atoms with van der Waals surface area (Å²) in [5.41, 5.74) is 0.247. The Morgan fingerprint density at radius 2 is 0.880 bits per heavy atom. The van der Waals surface area contributed by atoms with E-state index in [2.05, 4.69) is 13.5 Å². The molecular weight excluding hydrogens is 308 g/mol. The molecule has 0 aromatic rings. The Morgan fingerprint density at radius 1 is 0.600 bits per heavy atom. The molecule has 0 saturated carbocycles. The van der Waals surface area contributed by atoms with Crippen LogP contribution in [-0.4, -0.2) is 5.97 Å². The highest BCUT2D eigenvalue weighted by Crippen LogP contribution is 2.15. The molecular formula is C23H43O2-. The highest BCUT2D eigenvalue weighted by molar-refractivity contribution is 5.83. The zero-order valence-corrected chi connectivity index (χ0v) is 17.0. The van der Waals surface area contributed by atoms with Gasteiger partial charge in [0.1, 0.15) is 0 Å². The molecule has 0 saturated heterocycles. The fraction of sp³-hybridized carbons (Fsp3) is 0.870. The maximum absolute atomic E-state index is 10.5. The van der Waals surface area contributed by atoms with E-state index in [1.807, 2.05) is 0 Å². The molecule has 0 rings (SSSR count). The zero-order chi connectivity index (χ0) is 18.6. The molecule has 0 aliphatic carbocycles. The smallest absolute Gasteiger partial charge is 0.0668 e. The number of carboxylic acid groups (broad SMARTS) is 1. The lowest BCUT2D eigenvalue weighted by molar-refractivity contribution is -0.299. The van der Waals surface area contributed by atoms with E-state index in [1.165, 1.54) is 103 Å². The summed E-state index contributed by atoms with van der Waals surface area (Å²) in [5, 5.41) is 10.5. The molecule has 0 aliphatic heterocycles. The van der Waals surface area contributed by atoms with Crippen molar-refractivity contribution in [2.75, 3.05) is 0 Å². The van der Waals surface area contributed by atoms with Gasteiger partial charge in [-0.2, -0.15) is 0 Å². The van der Waals surface area contributed by atoms with Gasteiger partial charge in [0, 0.05) is 0 Å². The molecule has 0 bridgehead atoms. The SMILES string of the molecule is C=C(CCCCCCCCCCCCCCCCCCCC)C(=O)[O-].